The maximum Gasteiger partial charge on any atom is 0.360 e. The molecule has 0 N–H and O–H groups in total. The van der Waals surface area contributed by atoms with Gasteiger partial charge in [-0.15, -0.1) is 0 Å². The van der Waals surface area contributed by atoms with Gasteiger partial charge < -0.3 is 4.74 Å². The second kappa shape index (κ2) is 9.34. The first-order valence-electron chi connectivity index (χ1n) is 9.55. The van der Waals surface area contributed by atoms with Gasteiger partial charge in [0.05, 0.1) is 26.7 Å². The van der Waals surface area contributed by atoms with Crippen molar-refractivity contribution in [3.05, 3.63) is 63.7 Å². The zero-order valence-electron chi connectivity index (χ0n) is 17.3. The zero-order valence-corrected chi connectivity index (χ0v) is 21.3. The van der Waals surface area contributed by atoms with E-state index >= 15 is 0 Å². The molecule has 2 aromatic heterocycles. The summed E-state index contributed by atoms with van der Waals surface area (Å²) >= 11 is 10.9. The van der Waals surface area contributed by atoms with Crippen molar-refractivity contribution in [3.63, 3.8) is 0 Å². The molecule has 33 heavy (non-hydrogen) atoms. The number of halogens is 2. The van der Waals surface area contributed by atoms with Crippen molar-refractivity contribution in [2.45, 2.75) is 11.8 Å². The highest BCUT2D eigenvalue weighted by Gasteiger charge is 2.27. The first-order chi connectivity index (χ1) is 15.7. The predicted molar refractivity (Wildman–Crippen MR) is 130 cm³/mol. The Morgan fingerprint density at radius 3 is 2.67 bits per heavy atom. The van der Waals surface area contributed by atoms with E-state index in [2.05, 4.69) is 30.4 Å². The molecule has 2 heterocycles. The maximum absolute atomic E-state index is 12.5. The number of rotatable bonds is 6. The van der Waals surface area contributed by atoms with Crippen molar-refractivity contribution in [2.24, 2.45) is 0 Å². The van der Waals surface area contributed by atoms with Gasteiger partial charge in [0.1, 0.15) is 10.7 Å². The molecule has 0 aliphatic heterocycles. The lowest BCUT2D eigenvalue weighted by molar-refractivity contribution is 0.0518. The number of para-hydroxylation sites is 1. The third kappa shape index (κ3) is 4.72. The third-order valence-electron chi connectivity index (χ3n) is 4.52. The van der Waals surface area contributed by atoms with Crippen LogP contribution in [0.25, 0.3) is 27.8 Å². The molecular formula is C21H16BrClN4O4S2. The number of sulfone groups is 1. The molecule has 0 spiro atoms. The van der Waals surface area contributed by atoms with Crippen LogP contribution in [0.15, 0.2) is 57.9 Å². The Hall–Kier alpha value is -2.60. The first kappa shape index (κ1) is 23.6. The smallest absolute Gasteiger partial charge is 0.360 e. The molecule has 2 aromatic carbocycles. The number of carbonyl (C=O) groups excluding carboxylic acids is 1. The van der Waals surface area contributed by atoms with Gasteiger partial charge in [-0.05, 0) is 58.7 Å². The zero-order chi connectivity index (χ0) is 23.8. The van der Waals surface area contributed by atoms with Crippen molar-refractivity contribution < 1.29 is 17.9 Å². The number of esters is 1. The molecule has 0 bridgehead atoms. The Morgan fingerprint density at radius 2 is 1.97 bits per heavy atom. The second-order valence-electron chi connectivity index (χ2n) is 6.82. The molecule has 0 unspecified atom stereocenters. The van der Waals surface area contributed by atoms with Crippen LogP contribution in [0.4, 0.5) is 0 Å². The molecule has 0 radical (unpaired) electrons. The van der Waals surface area contributed by atoms with Crippen LogP contribution < -0.4 is 0 Å². The normalized spacial score (nSPS) is 11.5. The summed E-state index contributed by atoms with van der Waals surface area (Å²) in [4.78, 5) is 17.3. The minimum absolute atomic E-state index is 0.0576. The summed E-state index contributed by atoms with van der Waals surface area (Å²) < 4.78 is 35.3. The number of aromatic nitrogens is 4. The highest BCUT2D eigenvalue weighted by atomic mass is 79.9. The summed E-state index contributed by atoms with van der Waals surface area (Å²) in [6.07, 6.45) is 1.15. The number of hydrogen-bond donors (Lipinski definition) is 0. The summed E-state index contributed by atoms with van der Waals surface area (Å²) in [5, 5.41) is 5.34. The van der Waals surface area contributed by atoms with Gasteiger partial charge in [-0.3, -0.25) is 0 Å². The van der Waals surface area contributed by atoms with E-state index in [1.165, 1.54) is 10.7 Å². The monoisotopic (exact) mass is 566 g/mol. The van der Waals surface area contributed by atoms with Crippen LogP contribution in [0, 0.1) is 0 Å². The van der Waals surface area contributed by atoms with Crippen molar-refractivity contribution in [1.82, 2.24) is 19.1 Å². The number of hydrogen-bond acceptors (Lipinski definition) is 8. The SMILES string of the molecule is CCOC(=O)c1nn(-c2ccccc2Cl)c(-c2nsc(-c3cccc(S(C)(=O)=O)c3)n2)c1Br. The van der Waals surface area contributed by atoms with E-state index in [0.717, 1.165) is 17.8 Å². The molecule has 0 aliphatic carbocycles. The second-order valence-corrected chi connectivity index (χ2v) is 10.8. The molecule has 0 fully saturated rings. The summed E-state index contributed by atoms with van der Waals surface area (Å²) in [7, 11) is -3.38. The lowest BCUT2D eigenvalue weighted by atomic mass is 10.2. The quantitative estimate of drug-likeness (QED) is 0.300. The van der Waals surface area contributed by atoms with E-state index < -0.39 is 15.8 Å². The third-order valence-corrected chi connectivity index (χ3v) is 7.47. The van der Waals surface area contributed by atoms with Crippen LogP contribution in [0.5, 0.6) is 0 Å². The molecule has 8 nitrogen and oxygen atoms in total. The van der Waals surface area contributed by atoms with Gasteiger partial charge in [-0.1, -0.05) is 35.9 Å². The molecule has 0 saturated carbocycles. The molecule has 0 amide bonds. The molecule has 12 heteroatoms. The largest absolute Gasteiger partial charge is 0.461 e. The van der Waals surface area contributed by atoms with Crippen LogP contribution >= 0.6 is 39.1 Å². The molecule has 0 aliphatic rings. The fraction of sp³-hybridized carbons (Fsp3) is 0.143. The van der Waals surface area contributed by atoms with Crippen LogP contribution in [0.2, 0.25) is 5.02 Å². The van der Waals surface area contributed by atoms with Crippen molar-refractivity contribution in [3.8, 4) is 27.8 Å². The van der Waals surface area contributed by atoms with E-state index in [1.807, 2.05) is 0 Å². The van der Waals surface area contributed by atoms with E-state index in [-0.39, 0.29) is 23.0 Å². The van der Waals surface area contributed by atoms with Crippen molar-refractivity contribution in [1.29, 1.82) is 0 Å². The van der Waals surface area contributed by atoms with E-state index in [0.29, 0.717) is 31.4 Å². The molecular weight excluding hydrogens is 552 g/mol. The first-order valence-corrected chi connectivity index (χ1v) is 13.4. The summed E-state index contributed by atoms with van der Waals surface area (Å²) in [6.45, 7) is 1.89. The molecule has 4 rings (SSSR count). The summed E-state index contributed by atoms with van der Waals surface area (Å²) in [6, 6.07) is 13.5. The van der Waals surface area contributed by atoms with Gasteiger partial charge in [0.25, 0.3) is 0 Å². The lowest BCUT2D eigenvalue weighted by Crippen LogP contribution is -2.07. The van der Waals surface area contributed by atoms with Gasteiger partial charge in [-0.2, -0.15) is 9.47 Å². The topological polar surface area (TPSA) is 104 Å². The number of carbonyl (C=O) groups is 1. The van der Waals surface area contributed by atoms with Gasteiger partial charge in [0, 0.05) is 11.8 Å². The average molecular weight is 568 g/mol. The Bertz CT molecular complexity index is 1470. The van der Waals surface area contributed by atoms with Crippen LogP contribution in [-0.2, 0) is 14.6 Å². The number of benzene rings is 2. The van der Waals surface area contributed by atoms with E-state index in [4.69, 9.17) is 16.3 Å². The minimum atomic E-state index is -3.38. The molecule has 4 aromatic rings. The fourth-order valence-corrected chi connectivity index (χ4v) is 5.15. The fourth-order valence-electron chi connectivity index (χ4n) is 3.02. The Balaban J connectivity index is 1.87. The highest BCUT2D eigenvalue weighted by molar-refractivity contribution is 9.10. The van der Waals surface area contributed by atoms with Gasteiger partial charge in [0.2, 0.25) is 0 Å². The Morgan fingerprint density at radius 1 is 1.21 bits per heavy atom. The van der Waals surface area contributed by atoms with Crippen molar-refractivity contribution >= 4 is 54.9 Å². The van der Waals surface area contributed by atoms with E-state index in [9.17, 15) is 13.2 Å². The molecule has 0 atom stereocenters. The lowest BCUT2D eigenvalue weighted by Gasteiger charge is -2.07. The van der Waals surface area contributed by atoms with Gasteiger partial charge >= 0.3 is 5.97 Å². The molecule has 0 saturated heterocycles. The van der Waals surface area contributed by atoms with Gasteiger partial charge in [-0.25, -0.2) is 22.9 Å². The Labute approximate surface area is 207 Å². The number of ether oxygens (including phenoxy) is 1. The summed E-state index contributed by atoms with van der Waals surface area (Å²) in [5.74, 6) is -0.317. The maximum atomic E-state index is 12.5. The van der Waals surface area contributed by atoms with Gasteiger partial charge in [0.15, 0.2) is 21.4 Å². The number of nitrogens with zero attached hydrogens (tertiary/aromatic N) is 4. The van der Waals surface area contributed by atoms with Crippen LogP contribution in [0.3, 0.4) is 0 Å². The standard InChI is InChI=1S/C21H16BrClN4O4S2/c1-3-31-21(28)17-16(22)18(27(25-17)15-10-5-4-9-14(15)23)19-24-20(32-26-19)12-7-6-8-13(11-12)33(2,29)30/h4-11H,3H2,1-2H3. The highest BCUT2D eigenvalue weighted by Crippen LogP contribution is 2.36. The molecule has 170 valence electrons. The average Bonchev–Trinajstić information content (AvgIpc) is 3.38. The van der Waals surface area contributed by atoms with E-state index in [1.54, 1.807) is 49.4 Å². The predicted octanol–water partition coefficient (Wildman–Crippen LogP) is 5.05. The van der Waals surface area contributed by atoms with Crippen LogP contribution in [-0.4, -0.2) is 46.4 Å². The van der Waals surface area contributed by atoms with Crippen LogP contribution in [0.1, 0.15) is 17.4 Å². The minimum Gasteiger partial charge on any atom is -0.461 e. The Kier molecular flexibility index (Phi) is 6.66. The summed E-state index contributed by atoms with van der Waals surface area (Å²) in [5.41, 5.74) is 1.60. The van der Waals surface area contributed by atoms with Crippen molar-refractivity contribution in [2.75, 3.05) is 12.9 Å².